The van der Waals surface area contributed by atoms with Crippen LogP contribution in [0.4, 0.5) is 5.69 Å². The summed E-state index contributed by atoms with van der Waals surface area (Å²) >= 11 is 0. The molecule has 1 aromatic rings. The van der Waals surface area contributed by atoms with Crippen LogP contribution in [0.1, 0.15) is 12.5 Å². The van der Waals surface area contributed by atoms with Gasteiger partial charge in [0.15, 0.2) is 0 Å². The monoisotopic (exact) mass is 222 g/mol. The first-order chi connectivity index (χ1) is 7.67. The van der Waals surface area contributed by atoms with Crippen molar-refractivity contribution in [2.24, 2.45) is 0 Å². The summed E-state index contributed by atoms with van der Waals surface area (Å²) in [7, 11) is 3.85. The molecule has 0 aliphatic heterocycles. The van der Waals surface area contributed by atoms with Crippen LogP contribution in [-0.4, -0.2) is 38.4 Å². The molecular weight excluding hydrogens is 200 g/mol. The Labute approximate surface area is 98.1 Å². The van der Waals surface area contributed by atoms with E-state index in [1.54, 1.807) is 0 Å². The minimum atomic E-state index is -0.333. The van der Waals surface area contributed by atoms with E-state index in [4.69, 9.17) is 0 Å². The molecule has 16 heavy (non-hydrogen) atoms. The lowest BCUT2D eigenvalue weighted by atomic mass is 10.1. The standard InChI is InChI=1S/C13H22N2O/c1-4-11-5-7-12(8-6-11)15(3)10-13(16)9-14-2/h5-8,13-14,16H,4,9-10H2,1-3H3. The van der Waals surface area contributed by atoms with Crippen LogP contribution in [0.25, 0.3) is 0 Å². The van der Waals surface area contributed by atoms with Crippen LogP contribution in [-0.2, 0) is 6.42 Å². The van der Waals surface area contributed by atoms with Crippen LogP contribution in [0, 0.1) is 0 Å². The highest BCUT2D eigenvalue weighted by Gasteiger charge is 2.07. The highest BCUT2D eigenvalue weighted by Crippen LogP contribution is 2.14. The van der Waals surface area contributed by atoms with Crippen LogP contribution >= 0.6 is 0 Å². The normalized spacial score (nSPS) is 12.5. The van der Waals surface area contributed by atoms with Gasteiger partial charge in [0.25, 0.3) is 0 Å². The maximum Gasteiger partial charge on any atom is 0.0838 e. The van der Waals surface area contributed by atoms with E-state index in [9.17, 15) is 5.11 Å². The van der Waals surface area contributed by atoms with Gasteiger partial charge in [-0.15, -0.1) is 0 Å². The van der Waals surface area contributed by atoms with E-state index >= 15 is 0 Å². The number of benzene rings is 1. The Kier molecular flexibility index (Phi) is 5.29. The van der Waals surface area contributed by atoms with Gasteiger partial charge in [0.1, 0.15) is 0 Å². The Hall–Kier alpha value is -1.06. The topological polar surface area (TPSA) is 35.5 Å². The third-order valence-electron chi connectivity index (χ3n) is 2.71. The third kappa shape index (κ3) is 3.83. The molecule has 3 heteroatoms. The van der Waals surface area contributed by atoms with E-state index in [0.29, 0.717) is 13.1 Å². The molecule has 0 fully saturated rings. The van der Waals surface area contributed by atoms with Crippen molar-refractivity contribution in [2.45, 2.75) is 19.4 Å². The van der Waals surface area contributed by atoms with E-state index in [1.807, 2.05) is 14.1 Å². The second kappa shape index (κ2) is 6.51. The molecule has 0 aliphatic rings. The summed E-state index contributed by atoms with van der Waals surface area (Å²) in [5.41, 5.74) is 2.49. The zero-order valence-electron chi connectivity index (χ0n) is 10.4. The fourth-order valence-corrected chi connectivity index (χ4v) is 1.71. The van der Waals surface area contributed by atoms with E-state index in [0.717, 1.165) is 12.1 Å². The molecule has 1 aromatic carbocycles. The zero-order valence-corrected chi connectivity index (χ0v) is 10.4. The summed E-state index contributed by atoms with van der Waals surface area (Å²) in [6, 6.07) is 8.47. The molecular formula is C13H22N2O. The largest absolute Gasteiger partial charge is 0.390 e. The minimum absolute atomic E-state index is 0.333. The van der Waals surface area contributed by atoms with Gasteiger partial charge in [0, 0.05) is 25.8 Å². The molecule has 3 nitrogen and oxygen atoms in total. The van der Waals surface area contributed by atoms with Gasteiger partial charge in [-0.05, 0) is 31.2 Å². The zero-order chi connectivity index (χ0) is 12.0. The van der Waals surface area contributed by atoms with Gasteiger partial charge in [-0.25, -0.2) is 0 Å². The SMILES string of the molecule is CCc1ccc(N(C)CC(O)CNC)cc1. The van der Waals surface area contributed by atoms with Gasteiger partial charge in [-0.1, -0.05) is 19.1 Å². The lowest BCUT2D eigenvalue weighted by Crippen LogP contribution is -2.35. The molecule has 0 aromatic heterocycles. The Bertz CT molecular complexity index is 297. The van der Waals surface area contributed by atoms with Gasteiger partial charge in [0.05, 0.1) is 6.10 Å². The molecule has 0 heterocycles. The third-order valence-corrected chi connectivity index (χ3v) is 2.71. The van der Waals surface area contributed by atoms with E-state index in [1.165, 1.54) is 5.56 Å². The fourth-order valence-electron chi connectivity index (χ4n) is 1.71. The molecule has 1 unspecified atom stereocenters. The summed E-state index contributed by atoms with van der Waals surface area (Å²) in [5.74, 6) is 0. The molecule has 1 rings (SSSR count). The van der Waals surface area contributed by atoms with E-state index < -0.39 is 0 Å². The molecule has 0 spiro atoms. The first-order valence-electron chi connectivity index (χ1n) is 5.80. The average Bonchev–Trinajstić information content (AvgIpc) is 2.29. The number of nitrogens with zero attached hydrogens (tertiary/aromatic N) is 1. The first-order valence-corrected chi connectivity index (χ1v) is 5.80. The molecule has 0 amide bonds. The number of rotatable bonds is 6. The van der Waals surface area contributed by atoms with Crippen molar-refractivity contribution in [1.82, 2.24) is 5.32 Å². The molecule has 1 atom stereocenters. The van der Waals surface area contributed by atoms with Gasteiger partial charge >= 0.3 is 0 Å². The van der Waals surface area contributed by atoms with Crippen LogP contribution in [0.2, 0.25) is 0 Å². The van der Waals surface area contributed by atoms with Gasteiger partial charge < -0.3 is 15.3 Å². The van der Waals surface area contributed by atoms with Gasteiger partial charge in [-0.2, -0.15) is 0 Å². The second-order valence-electron chi connectivity index (χ2n) is 4.11. The molecule has 2 N–H and O–H groups in total. The van der Waals surface area contributed by atoms with Crippen LogP contribution in [0.3, 0.4) is 0 Å². The summed E-state index contributed by atoms with van der Waals surface area (Å²) in [6.45, 7) is 3.42. The van der Waals surface area contributed by atoms with Crippen molar-refractivity contribution in [3.63, 3.8) is 0 Å². The predicted octanol–water partition coefficient (Wildman–Crippen LogP) is 1.27. The smallest absolute Gasteiger partial charge is 0.0838 e. The summed E-state index contributed by atoms with van der Waals surface area (Å²) in [4.78, 5) is 2.07. The number of aliphatic hydroxyl groups is 1. The molecule has 0 aliphatic carbocycles. The van der Waals surface area contributed by atoms with Crippen molar-refractivity contribution in [3.05, 3.63) is 29.8 Å². The quantitative estimate of drug-likeness (QED) is 0.761. The molecule has 0 saturated heterocycles. The average molecular weight is 222 g/mol. The van der Waals surface area contributed by atoms with Crippen molar-refractivity contribution in [3.8, 4) is 0 Å². The number of hydrogen-bond acceptors (Lipinski definition) is 3. The van der Waals surface area contributed by atoms with Crippen molar-refractivity contribution < 1.29 is 5.11 Å². The number of hydrogen-bond donors (Lipinski definition) is 2. The van der Waals surface area contributed by atoms with Crippen LogP contribution in [0.15, 0.2) is 24.3 Å². The molecule has 90 valence electrons. The minimum Gasteiger partial charge on any atom is -0.390 e. The Morgan fingerprint density at radius 3 is 2.44 bits per heavy atom. The Morgan fingerprint density at radius 2 is 1.94 bits per heavy atom. The maximum atomic E-state index is 9.68. The number of anilines is 1. The lowest BCUT2D eigenvalue weighted by molar-refractivity contribution is 0.181. The number of likely N-dealkylation sites (N-methyl/N-ethyl adjacent to an activating group) is 2. The summed E-state index contributed by atoms with van der Waals surface area (Å²) in [6.07, 6.45) is 0.729. The number of nitrogens with one attached hydrogen (secondary N) is 1. The first kappa shape index (κ1) is 13.0. The summed E-state index contributed by atoms with van der Waals surface area (Å²) < 4.78 is 0. The fraction of sp³-hybridized carbons (Fsp3) is 0.538. The van der Waals surface area contributed by atoms with Crippen LogP contribution in [0.5, 0.6) is 0 Å². The van der Waals surface area contributed by atoms with Gasteiger partial charge in [0.2, 0.25) is 0 Å². The predicted molar refractivity (Wildman–Crippen MR) is 69.0 cm³/mol. The lowest BCUT2D eigenvalue weighted by Gasteiger charge is -2.22. The Morgan fingerprint density at radius 1 is 1.31 bits per heavy atom. The highest BCUT2D eigenvalue weighted by atomic mass is 16.3. The highest BCUT2D eigenvalue weighted by molar-refractivity contribution is 5.46. The van der Waals surface area contributed by atoms with Crippen LogP contribution < -0.4 is 10.2 Å². The van der Waals surface area contributed by atoms with Crippen molar-refractivity contribution >= 4 is 5.69 Å². The Balaban J connectivity index is 2.55. The number of aryl methyl sites for hydroxylation is 1. The second-order valence-corrected chi connectivity index (χ2v) is 4.11. The maximum absolute atomic E-state index is 9.68. The summed E-state index contributed by atoms with van der Waals surface area (Å²) in [5, 5.41) is 12.6. The number of aliphatic hydroxyl groups excluding tert-OH is 1. The molecule has 0 radical (unpaired) electrons. The van der Waals surface area contributed by atoms with Crippen molar-refractivity contribution in [1.29, 1.82) is 0 Å². The van der Waals surface area contributed by atoms with E-state index in [-0.39, 0.29) is 6.10 Å². The van der Waals surface area contributed by atoms with Gasteiger partial charge in [-0.3, -0.25) is 0 Å². The van der Waals surface area contributed by atoms with Crippen molar-refractivity contribution in [2.75, 3.05) is 32.1 Å². The molecule has 0 bridgehead atoms. The molecule has 0 saturated carbocycles. The van der Waals surface area contributed by atoms with E-state index in [2.05, 4.69) is 41.4 Å².